The summed E-state index contributed by atoms with van der Waals surface area (Å²) in [5, 5.41) is 3.90. The molecular weight excluding hydrogens is 240 g/mol. The fourth-order valence-corrected chi connectivity index (χ4v) is 3.91. The highest BCUT2D eigenvalue weighted by Crippen LogP contribution is 2.34. The zero-order chi connectivity index (χ0) is 13.1. The van der Waals surface area contributed by atoms with Crippen LogP contribution in [0.1, 0.15) is 52.4 Å². The van der Waals surface area contributed by atoms with E-state index < -0.39 is 0 Å². The molecule has 1 aliphatic carbocycles. The number of nitrogens with zero attached hydrogens (tertiary/aromatic N) is 1. The average molecular weight is 270 g/mol. The van der Waals surface area contributed by atoms with Crippen LogP contribution in [0.3, 0.4) is 0 Å². The van der Waals surface area contributed by atoms with Crippen molar-refractivity contribution in [3.63, 3.8) is 0 Å². The van der Waals surface area contributed by atoms with Gasteiger partial charge in [0.05, 0.1) is 0 Å². The maximum Gasteiger partial charge on any atom is 0.0309 e. The first kappa shape index (κ1) is 14.7. The summed E-state index contributed by atoms with van der Waals surface area (Å²) in [6.07, 6.45) is 10.6. The summed E-state index contributed by atoms with van der Waals surface area (Å²) in [5.74, 6) is 1.30. The van der Waals surface area contributed by atoms with Gasteiger partial charge in [0.25, 0.3) is 0 Å². The molecule has 0 amide bonds. The van der Waals surface area contributed by atoms with Crippen molar-refractivity contribution in [1.82, 2.24) is 10.2 Å². The lowest BCUT2D eigenvalue weighted by Crippen LogP contribution is -2.68. The largest absolute Gasteiger partial charge is 0.308 e. The molecule has 0 radical (unpaired) electrons. The third kappa shape index (κ3) is 3.43. The second-order valence-electron chi connectivity index (χ2n) is 6.77. The Bertz CT molecular complexity index is 259. The van der Waals surface area contributed by atoms with Crippen molar-refractivity contribution in [2.45, 2.75) is 63.5 Å². The van der Waals surface area contributed by atoms with Crippen LogP contribution < -0.4 is 5.32 Å². The fraction of sp³-hybridized carbons (Fsp3) is 1.00. The van der Waals surface area contributed by atoms with Crippen LogP contribution in [0, 0.1) is 0 Å². The smallest absolute Gasteiger partial charge is 0.0309 e. The molecule has 18 heavy (non-hydrogen) atoms. The molecule has 2 rings (SSSR count). The van der Waals surface area contributed by atoms with Gasteiger partial charge in [-0.1, -0.05) is 19.3 Å². The van der Waals surface area contributed by atoms with Gasteiger partial charge in [-0.25, -0.2) is 0 Å². The van der Waals surface area contributed by atoms with Gasteiger partial charge in [0.2, 0.25) is 0 Å². The molecule has 0 unspecified atom stereocenters. The molecule has 0 aromatic rings. The van der Waals surface area contributed by atoms with E-state index in [4.69, 9.17) is 0 Å². The molecule has 1 heterocycles. The molecular formula is C15H30N2S. The molecule has 0 atom stereocenters. The second-order valence-corrected chi connectivity index (χ2v) is 7.76. The summed E-state index contributed by atoms with van der Waals surface area (Å²) in [5.41, 5.74) is 0.786. The Morgan fingerprint density at radius 2 is 1.89 bits per heavy atom. The van der Waals surface area contributed by atoms with Crippen molar-refractivity contribution in [2.24, 2.45) is 0 Å². The van der Waals surface area contributed by atoms with Gasteiger partial charge in [0.15, 0.2) is 0 Å². The minimum atomic E-state index is 0.334. The molecule has 3 heteroatoms. The van der Waals surface area contributed by atoms with E-state index in [1.54, 1.807) is 0 Å². The fourth-order valence-electron chi connectivity index (χ4n) is 3.50. The number of hydrogen-bond donors (Lipinski definition) is 1. The van der Waals surface area contributed by atoms with Gasteiger partial charge in [0, 0.05) is 24.2 Å². The third-order valence-electron chi connectivity index (χ3n) is 4.83. The standard InChI is InChI=1S/C15H30N2S/c1-14(2)12-16-15(8-5-4-6-9-15)13-17(14)10-7-11-18-3/h16H,4-13H2,1-3H3. The van der Waals surface area contributed by atoms with E-state index in [0.717, 1.165) is 6.54 Å². The Balaban J connectivity index is 1.95. The quantitative estimate of drug-likeness (QED) is 0.790. The average Bonchev–Trinajstić information content (AvgIpc) is 2.36. The number of rotatable bonds is 4. The summed E-state index contributed by atoms with van der Waals surface area (Å²) in [4.78, 5) is 2.76. The van der Waals surface area contributed by atoms with Gasteiger partial charge in [-0.15, -0.1) is 0 Å². The maximum atomic E-state index is 3.90. The van der Waals surface area contributed by atoms with Gasteiger partial charge < -0.3 is 5.32 Å². The van der Waals surface area contributed by atoms with E-state index in [1.165, 1.54) is 57.4 Å². The predicted molar refractivity (Wildman–Crippen MR) is 82.5 cm³/mol. The Morgan fingerprint density at radius 1 is 1.17 bits per heavy atom. The summed E-state index contributed by atoms with van der Waals surface area (Å²) >= 11 is 1.98. The van der Waals surface area contributed by atoms with E-state index in [1.807, 2.05) is 11.8 Å². The number of hydrogen-bond acceptors (Lipinski definition) is 3. The van der Waals surface area contributed by atoms with Gasteiger partial charge in [-0.05, 0) is 51.7 Å². The van der Waals surface area contributed by atoms with Crippen molar-refractivity contribution in [2.75, 3.05) is 31.6 Å². The molecule has 2 nitrogen and oxygen atoms in total. The lowest BCUT2D eigenvalue weighted by atomic mass is 9.77. The lowest BCUT2D eigenvalue weighted by Gasteiger charge is -2.53. The summed E-state index contributed by atoms with van der Waals surface area (Å²) < 4.78 is 0. The molecule has 2 aliphatic rings. The monoisotopic (exact) mass is 270 g/mol. The normalized spacial score (nSPS) is 27.5. The van der Waals surface area contributed by atoms with E-state index in [2.05, 4.69) is 30.3 Å². The molecule has 1 N–H and O–H groups in total. The molecule has 0 bridgehead atoms. The Morgan fingerprint density at radius 3 is 2.56 bits per heavy atom. The predicted octanol–water partition coefficient (Wildman–Crippen LogP) is 3.13. The van der Waals surface area contributed by atoms with Crippen LogP contribution in [0.5, 0.6) is 0 Å². The zero-order valence-corrected chi connectivity index (χ0v) is 13.2. The molecule has 2 fully saturated rings. The zero-order valence-electron chi connectivity index (χ0n) is 12.4. The Kier molecular flexibility index (Phi) is 5.01. The lowest BCUT2D eigenvalue weighted by molar-refractivity contribution is 0.0112. The van der Waals surface area contributed by atoms with Gasteiger partial charge in [-0.2, -0.15) is 11.8 Å². The Hall–Kier alpha value is 0.270. The third-order valence-corrected chi connectivity index (χ3v) is 5.53. The Labute approximate surface area is 117 Å². The highest BCUT2D eigenvalue weighted by Gasteiger charge is 2.42. The minimum absolute atomic E-state index is 0.334. The first-order chi connectivity index (χ1) is 8.58. The van der Waals surface area contributed by atoms with Crippen LogP contribution in [-0.4, -0.2) is 47.6 Å². The van der Waals surface area contributed by atoms with Crippen LogP contribution in [-0.2, 0) is 0 Å². The highest BCUT2D eigenvalue weighted by molar-refractivity contribution is 7.98. The van der Waals surface area contributed by atoms with Crippen LogP contribution in [0.15, 0.2) is 0 Å². The molecule has 1 saturated carbocycles. The van der Waals surface area contributed by atoms with E-state index in [0.29, 0.717) is 11.1 Å². The van der Waals surface area contributed by atoms with Crippen molar-refractivity contribution in [3.05, 3.63) is 0 Å². The van der Waals surface area contributed by atoms with E-state index in [-0.39, 0.29) is 0 Å². The number of piperazine rings is 1. The molecule has 1 saturated heterocycles. The summed E-state index contributed by atoms with van der Waals surface area (Å²) in [7, 11) is 0. The van der Waals surface area contributed by atoms with Crippen molar-refractivity contribution >= 4 is 11.8 Å². The molecule has 0 aromatic carbocycles. The van der Waals surface area contributed by atoms with Gasteiger partial charge in [0.1, 0.15) is 0 Å². The first-order valence-corrected chi connectivity index (χ1v) is 8.96. The van der Waals surface area contributed by atoms with E-state index >= 15 is 0 Å². The van der Waals surface area contributed by atoms with Crippen molar-refractivity contribution in [1.29, 1.82) is 0 Å². The van der Waals surface area contributed by atoms with Crippen molar-refractivity contribution in [3.8, 4) is 0 Å². The molecule has 106 valence electrons. The van der Waals surface area contributed by atoms with Gasteiger partial charge in [-0.3, -0.25) is 4.90 Å². The van der Waals surface area contributed by atoms with Gasteiger partial charge >= 0.3 is 0 Å². The molecule has 1 spiro atoms. The topological polar surface area (TPSA) is 15.3 Å². The molecule has 1 aliphatic heterocycles. The maximum absolute atomic E-state index is 3.90. The minimum Gasteiger partial charge on any atom is -0.308 e. The number of thioether (sulfide) groups is 1. The van der Waals surface area contributed by atoms with Crippen LogP contribution in [0.4, 0.5) is 0 Å². The summed E-state index contributed by atoms with van der Waals surface area (Å²) in [6.45, 7) is 8.50. The number of nitrogens with one attached hydrogen (secondary N) is 1. The summed E-state index contributed by atoms with van der Waals surface area (Å²) in [6, 6.07) is 0. The van der Waals surface area contributed by atoms with Crippen LogP contribution in [0.2, 0.25) is 0 Å². The van der Waals surface area contributed by atoms with Crippen LogP contribution in [0.25, 0.3) is 0 Å². The second kappa shape index (κ2) is 6.15. The molecule has 0 aromatic heterocycles. The first-order valence-electron chi connectivity index (χ1n) is 7.57. The van der Waals surface area contributed by atoms with Crippen LogP contribution >= 0.6 is 11.8 Å². The SMILES string of the molecule is CSCCCN1CC2(CCCCC2)NCC1(C)C. The van der Waals surface area contributed by atoms with Crippen molar-refractivity contribution < 1.29 is 0 Å². The van der Waals surface area contributed by atoms with E-state index in [9.17, 15) is 0 Å². The highest BCUT2D eigenvalue weighted by atomic mass is 32.2.